The van der Waals surface area contributed by atoms with Crippen LogP contribution in [0.2, 0.25) is 0 Å². The van der Waals surface area contributed by atoms with Crippen molar-refractivity contribution in [3.8, 4) is 11.3 Å². The molecule has 6 heteroatoms. The number of nitrogens with zero attached hydrogens (tertiary/aromatic N) is 3. The third-order valence-electron chi connectivity index (χ3n) is 5.11. The Morgan fingerprint density at radius 2 is 1.77 bits per heavy atom. The van der Waals surface area contributed by atoms with Gasteiger partial charge in [0.25, 0.3) is 5.69 Å². The van der Waals surface area contributed by atoms with Gasteiger partial charge < -0.3 is 0 Å². The van der Waals surface area contributed by atoms with E-state index in [4.69, 9.17) is 0 Å². The van der Waals surface area contributed by atoms with Crippen LogP contribution in [0.3, 0.4) is 0 Å². The lowest BCUT2D eigenvalue weighted by Gasteiger charge is -2.25. The molecular weight excluding hydrogens is 330 g/mol. The highest BCUT2D eigenvalue weighted by Crippen LogP contribution is 2.33. The summed E-state index contributed by atoms with van der Waals surface area (Å²) in [7, 11) is 0. The van der Waals surface area contributed by atoms with Crippen molar-refractivity contribution in [3.05, 3.63) is 69.1 Å². The second-order valence-corrected chi connectivity index (χ2v) is 6.73. The van der Waals surface area contributed by atoms with Crippen LogP contribution in [-0.4, -0.2) is 14.5 Å². The molecule has 1 aliphatic carbocycles. The van der Waals surface area contributed by atoms with E-state index in [1.165, 1.54) is 18.6 Å². The van der Waals surface area contributed by atoms with Gasteiger partial charge in [-0.25, -0.2) is 4.79 Å². The number of benzene rings is 2. The summed E-state index contributed by atoms with van der Waals surface area (Å²) in [6.07, 6.45) is 5.25. The van der Waals surface area contributed by atoms with E-state index in [0.717, 1.165) is 36.8 Å². The topological polar surface area (TPSA) is 78.0 Å². The number of fused-ring (bicyclic) bond motifs is 1. The second kappa shape index (κ2) is 6.71. The van der Waals surface area contributed by atoms with E-state index in [0.29, 0.717) is 11.1 Å². The number of nitro groups is 1. The molecule has 2 aromatic carbocycles. The Hall–Kier alpha value is -3.02. The fourth-order valence-corrected chi connectivity index (χ4v) is 3.86. The van der Waals surface area contributed by atoms with E-state index in [1.54, 1.807) is 10.6 Å². The first-order valence-corrected chi connectivity index (χ1v) is 8.91. The van der Waals surface area contributed by atoms with Gasteiger partial charge in [0.15, 0.2) is 0 Å². The molecule has 0 aliphatic heterocycles. The quantitative estimate of drug-likeness (QED) is 0.516. The average molecular weight is 349 g/mol. The largest absolute Gasteiger partial charge is 0.348 e. The first-order valence-electron chi connectivity index (χ1n) is 8.91. The minimum Gasteiger partial charge on any atom is -0.289 e. The lowest BCUT2D eigenvalue weighted by molar-refractivity contribution is -0.384. The zero-order chi connectivity index (χ0) is 18.1. The standard InChI is InChI=1S/C20H19N3O3/c24-20-21-19(14-7-3-1-4-8-14)17-13-16(23(25)26)11-12-18(17)22(20)15-9-5-2-6-10-15/h1,3-4,7-8,11-13,15H,2,5-6,9-10H2. The highest BCUT2D eigenvalue weighted by Gasteiger charge is 2.22. The number of hydrogen-bond donors (Lipinski definition) is 0. The Labute approximate surface area is 150 Å². The molecule has 1 aromatic heterocycles. The maximum atomic E-state index is 12.9. The minimum atomic E-state index is -0.412. The van der Waals surface area contributed by atoms with Crippen LogP contribution in [-0.2, 0) is 0 Å². The Morgan fingerprint density at radius 3 is 2.46 bits per heavy atom. The van der Waals surface area contributed by atoms with Crippen molar-refractivity contribution < 1.29 is 4.92 Å². The predicted octanol–water partition coefficient (Wildman–Crippen LogP) is 4.48. The van der Waals surface area contributed by atoms with Crippen LogP contribution in [0.5, 0.6) is 0 Å². The van der Waals surface area contributed by atoms with Gasteiger partial charge in [0, 0.05) is 29.1 Å². The molecule has 0 radical (unpaired) electrons. The van der Waals surface area contributed by atoms with Crippen molar-refractivity contribution in [1.29, 1.82) is 0 Å². The summed E-state index contributed by atoms with van der Waals surface area (Å²) in [5.41, 5.74) is 1.73. The van der Waals surface area contributed by atoms with Crippen molar-refractivity contribution >= 4 is 16.6 Å². The molecule has 0 amide bonds. The molecule has 0 atom stereocenters. The van der Waals surface area contributed by atoms with Gasteiger partial charge in [0.05, 0.1) is 16.1 Å². The molecule has 0 N–H and O–H groups in total. The van der Waals surface area contributed by atoms with Crippen LogP contribution in [0.15, 0.2) is 53.3 Å². The predicted molar refractivity (Wildman–Crippen MR) is 100 cm³/mol. The fraction of sp³-hybridized carbons (Fsp3) is 0.300. The van der Waals surface area contributed by atoms with Crippen LogP contribution in [0.1, 0.15) is 38.1 Å². The molecule has 6 nitrogen and oxygen atoms in total. The average Bonchev–Trinajstić information content (AvgIpc) is 2.68. The van der Waals surface area contributed by atoms with Gasteiger partial charge in [0.2, 0.25) is 0 Å². The molecule has 3 aromatic rings. The highest BCUT2D eigenvalue weighted by molar-refractivity contribution is 5.93. The van der Waals surface area contributed by atoms with Gasteiger partial charge in [-0.2, -0.15) is 4.98 Å². The summed E-state index contributed by atoms with van der Waals surface area (Å²) in [5, 5.41) is 11.9. The number of nitro benzene ring substituents is 1. The van der Waals surface area contributed by atoms with Crippen molar-refractivity contribution in [2.24, 2.45) is 0 Å². The smallest absolute Gasteiger partial charge is 0.289 e. The summed E-state index contributed by atoms with van der Waals surface area (Å²) in [6.45, 7) is 0. The van der Waals surface area contributed by atoms with E-state index in [-0.39, 0.29) is 17.4 Å². The molecule has 0 unspecified atom stereocenters. The van der Waals surface area contributed by atoms with E-state index >= 15 is 0 Å². The van der Waals surface area contributed by atoms with E-state index in [9.17, 15) is 14.9 Å². The maximum Gasteiger partial charge on any atom is 0.348 e. The third-order valence-corrected chi connectivity index (χ3v) is 5.11. The van der Waals surface area contributed by atoms with E-state index in [2.05, 4.69) is 4.98 Å². The molecule has 26 heavy (non-hydrogen) atoms. The normalized spacial score (nSPS) is 15.2. The molecule has 1 saturated carbocycles. The summed E-state index contributed by atoms with van der Waals surface area (Å²) >= 11 is 0. The van der Waals surface area contributed by atoms with Crippen molar-refractivity contribution in [3.63, 3.8) is 0 Å². The van der Waals surface area contributed by atoms with Crippen LogP contribution < -0.4 is 5.69 Å². The van der Waals surface area contributed by atoms with Gasteiger partial charge in [-0.15, -0.1) is 0 Å². The van der Waals surface area contributed by atoms with E-state index < -0.39 is 4.92 Å². The zero-order valence-corrected chi connectivity index (χ0v) is 14.3. The molecule has 0 bridgehead atoms. The van der Waals surface area contributed by atoms with Crippen LogP contribution >= 0.6 is 0 Å². The first kappa shape index (κ1) is 16.4. The first-order chi connectivity index (χ1) is 12.6. The summed E-state index contributed by atoms with van der Waals surface area (Å²) in [6, 6.07) is 14.2. The Kier molecular flexibility index (Phi) is 4.24. The van der Waals surface area contributed by atoms with Crippen LogP contribution in [0.25, 0.3) is 22.2 Å². The van der Waals surface area contributed by atoms with E-state index in [1.807, 2.05) is 30.3 Å². The van der Waals surface area contributed by atoms with Gasteiger partial charge >= 0.3 is 5.69 Å². The number of hydrogen-bond acceptors (Lipinski definition) is 4. The molecule has 4 rings (SSSR count). The van der Waals surface area contributed by atoms with Gasteiger partial charge in [-0.1, -0.05) is 49.6 Å². The Morgan fingerprint density at radius 1 is 1.04 bits per heavy atom. The van der Waals surface area contributed by atoms with Crippen LogP contribution in [0.4, 0.5) is 5.69 Å². The van der Waals surface area contributed by atoms with Crippen molar-refractivity contribution in [1.82, 2.24) is 9.55 Å². The zero-order valence-electron chi connectivity index (χ0n) is 14.3. The second-order valence-electron chi connectivity index (χ2n) is 6.73. The lowest BCUT2D eigenvalue weighted by atomic mass is 9.94. The maximum absolute atomic E-state index is 12.9. The minimum absolute atomic E-state index is 0.00493. The molecule has 1 fully saturated rings. The Balaban J connectivity index is 2.01. The SMILES string of the molecule is O=c1nc(-c2ccccc2)c2cc([N+](=O)[O-])ccc2n1C1CCCCC1. The molecule has 0 spiro atoms. The fourth-order valence-electron chi connectivity index (χ4n) is 3.86. The molecule has 0 saturated heterocycles. The van der Waals surface area contributed by atoms with Crippen LogP contribution in [0, 0.1) is 10.1 Å². The molecular formula is C20H19N3O3. The third kappa shape index (κ3) is 2.87. The summed E-state index contributed by atoms with van der Waals surface area (Å²) in [4.78, 5) is 28.0. The number of aromatic nitrogens is 2. The summed E-state index contributed by atoms with van der Waals surface area (Å²) in [5.74, 6) is 0. The Bertz CT molecular complexity index is 1020. The van der Waals surface area contributed by atoms with Crippen molar-refractivity contribution in [2.45, 2.75) is 38.1 Å². The van der Waals surface area contributed by atoms with Gasteiger partial charge in [-0.3, -0.25) is 14.7 Å². The number of rotatable bonds is 3. The molecule has 1 heterocycles. The lowest BCUT2D eigenvalue weighted by Crippen LogP contribution is -2.29. The highest BCUT2D eigenvalue weighted by atomic mass is 16.6. The van der Waals surface area contributed by atoms with Gasteiger partial charge in [0.1, 0.15) is 0 Å². The number of non-ortho nitro benzene ring substituents is 1. The summed E-state index contributed by atoms with van der Waals surface area (Å²) < 4.78 is 1.74. The monoisotopic (exact) mass is 349 g/mol. The molecule has 1 aliphatic rings. The molecule has 132 valence electrons. The van der Waals surface area contributed by atoms with Crippen molar-refractivity contribution in [2.75, 3.05) is 0 Å². The van der Waals surface area contributed by atoms with Gasteiger partial charge in [-0.05, 0) is 18.9 Å².